The number of Topliss-reactive ketones (excluding diaryl/α,β-unsaturated/α-hetero) is 1. The fourth-order valence-corrected chi connectivity index (χ4v) is 5.37. The van der Waals surface area contributed by atoms with Crippen LogP contribution in [0.1, 0.15) is 143 Å². The first-order valence-corrected chi connectivity index (χ1v) is 13.7. The van der Waals surface area contributed by atoms with E-state index in [1.807, 2.05) is 34.6 Å². The summed E-state index contributed by atoms with van der Waals surface area (Å²) in [5.41, 5.74) is 3.13. The number of carbonyl (C=O) groups excluding carboxylic acids is 1. The van der Waals surface area contributed by atoms with Gasteiger partial charge in [-0.05, 0) is 69.4 Å². The molecule has 3 rings (SSSR count). The SMILES string of the molecule is CC.CC.CCCCCCC.CCOc1cc(C)c2c(c1)C1(CCCCC1)C(=O)C2(C)C. The highest BCUT2D eigenvalue weighted by atomic mass is 16.5. The van der Waals surface area contributed by atoms with Crippen LogP contribution >= 0.6 is 0 Å². The standard InChI is InChI=1S/C19H26O2.C7H16.2C2H6/c1-5-21-14-11-13(2)16-15(12-14)19(9-7-6-8-10-19)17(20)18(16,3)4;1-3-5-7-6-4-2;2*1-2/h11-12H,5-10H2,1-4H3;3-7H2,1-2H3;2*1-2H3. The molecule has 0 amide bonds. The van der Waals surface area contributed by atoms with Crippen molar-refractivity contribution in [2.75, 3.05) is 6.61 Å². The number of carbonyl (C=O) groups is 1. The van der Waals surface area contributed by atoms with Crippen LogP contribution in [0.15, 0.2) is 12.1 Å². The third-order valence-corrected chi connectivity index (χ3v) is 6.68. The molecule has 1 aromatic rings. The third-order valence-electron chi connectivity index (χ3n) is 6.68. The van der Waals surface area contributed by atoms with Gasteiger partial charge in [-0.2, -0.15) is 0 Å². The molecule has 0 aromatic heterocycles. The molecule has 0 N–H and O–H groups in total. The summed E-state index contributed by atoms with van der Waals surface area (Å²) in [5, 5.41) is 0. The summed E-state index contributed by atoms with van der Waals surface area (Å²) in [6.07, 6.45) is 12.6. The number of ether oxygens (including phenoxy) is 1. The first kappa shape index (κ1) is 30.7. The largest absolute Gasteiger partial charge is 0.494 e. The second-order valence-corrected chi connectivity index (χ2v) is 9.25. The summed E-state index contributed by atoms with van der Waals surface area (Å²) < 4.78 is 5.74. The van der Waals surface area contributed by atoms with Gasteiger partial charge in [0, 0.05) is 5.41 Å². The Bertz CT molecular complexity index is 647. The highest BCUT2D eigenvalue weighted by molar-refractivity contribution is 6.04. The molecule has 0 bridgehead atoms. The van der Waals surface area contributed by atoms with Gasteiger partial charge < -0.3 is 4.74 Å². The second-order valence-electron chi connectivity index (χ2n) is 9.25. The number of hydrogen-bond donors (Lipinski definition) is 0. The van der Waals surface area contributed by atoms with Gasteiger partial charge >= 0.3 is 0 Å². The second kappa shape index (κ2) is 15.5. The molecule has 32 heavy (non-hydrogen) atoms. The predicted molar refractivity (Wildman–Crippen MR) is 142 cm³/mol. The minimum absolute atomic E-state index is 0.241. The number of aryl methyl sites for hydroxylation is 1. The van der Waals surface area contributed by atoms with E-state index in [1.54, 1.807) is 0 Å². The molecule has 2 aliphatic rings. The van der Waals surface area contributed by atoms with Crippen molar-refractivity contribution in [2.45, 2.75) is 144 Å². The average molecular weight is 447 g/mol. The zero-order valence-electron chi connectivity index (χ0n) is 23.2. The number of benzene rings is 1. The molecule has 0 atom stereocenters. The Morgan fingerprint density at radius 1 is 0.844 bits per heavy atom. The number of ketones is 1. The molecule has 1 aromatic carbocycles. The van der Waals surface area contributed by atoms with Gasteiger partial charge in [0.1, 0.15) is 5.75 Å². The molecule has 1 spiro atoms. The molecule has 0 saturated heterocycles. The van der Waals surface area contributed by atoms with Crippen molar-refractivity contribution in [3.05, 3.63) is 28.8 Å². The maximum atomic E-state index is 13.2. The van der Waals surface area contributed by atoms with Crippen LogP contribution in [0.5, 0.6) is 5.75 Å². The Morgan fingerprint density at radius 2 is 1.38 bits per heavy atom. The van der Waals surface area contributed by atoms with Crippen LogP contribution in [0.25, 0.3) is 0 Å². The van der Waals surface area contributed by atoms with E-state index in [-0.39, 0.29) is 10.8 Å². The molecule has 2 heteroatoms. The van der Waals surface area contributed by atoms with Crippen molar-refractivity contribution >= 4 is 5.78 Å². The van der Waals surface area contributed by atoms with E-state index in [4.69, 9.17) is 4.74 Å². The van der Waals surface area contributed by atoms with Gasteiger partial charge in [0.2, 0.25) is 0 Å². The molecule has 186 valence electrons. The maximum absolute atomic E-state index is 13.2. The minimum Gasteiger partial charge on any atom is -0.494 e. The normalized spacial score (nSPS) is 17.1. The number of unbranched alkanes of at least 4 members (excludes halogenated alkanes) is 4. The van der Waals surface area contributed by atoms with Crippen molar-refractivity contribution in [3.63, 3.8) is 0 Å². The molecular weight excluding hydrogens is 392 g/mol. The number of fused-ring (bicyclic) bond motifs is 2. The Hall–Kier alpha value is -1.31. The monoisotopic (exact) mass is 446 g/mol. The van der Waals surface area contributed by atoms with Crippen LogP contribution in [0, 0.1) is 6.92 Å². The van der Waals surface area contributed by atoms with E-state index in [1.165, 1.54) is 68.1 Å². The summed E-state index contributed by atoms with van der Waals surface area (Å²) in [4.78, 5) is 13.2. The lowest BCUT2D eigenvalue weighted by Gasteiger charge is -2.34. The van der Waals surface area contributed by atoms with Gasteiger partial charge in [-0.25, -0.2) is 0 Å². The quantitative estimate of drug-likeness (QED) is 0.407. The van der Waals surface area contributed by atoms with Gasteiger partial charge in [-0.15, -0.1) is 0 Å². The zero-order valence-corrected chi connectivity index (χ0v) is 23.2. The van der Waals surface area contributed by atoms with E-state index in [9.17, 15) is 4.79 Å². The topological polar surface area (TPSA) is 26.3 Å². The third kappa shape index (κ3) is 7.09. The molecule has 0 heterocycles. The lowest BCUT2D eigenvalue weighted by molar-refractivity contribution is -0.128. The lowest BCUT2D eigenvalue weighted by Crippen LogP contribution is -2.40. The Kier molecular flexibility index (Phi) is 14.9. The zero-order chi connectivity index (χ0) is 24.8. The lowest BCUT2D eigenvalue weighted by atomic mass is 9.68. The maximum Gasteiger partial charge on any atom is 0.153 e. The smallest absolute Gasteiger partial charge is 0.153 e. The van der Waals surface area contributed by atoms with Gasteiger partial charge in [-0.3, -0.25) is 4.79 Å². The van der Waals surface area contributed by atoms with E-state index >= 15 is 0 Å². The van der Waals surface area contributed by atoms with E-state index in [0.717, 1.165) is 18.6 Å². The van der Waals surface area contributed by atoms with Crippen molar-refractivity contribution in [2.24, 2.45) is 0 Å². The fraction of sp³-hybridized carbons (Fsp3) is 0.767. The summed E-state index contributed by atoms with van der Waals surface area (Å²) >= 11 is 0. The van der Waals surface area contributed by atoms with Crippen molar-refractivity contribution in [1.29, 1.82) is 0 Å². The number of rotatable bonds is 6. The molecule has 0 unspecified atom stereocenters. The van der Waals surface area contributed by atoms with E-state index in [0.29, 0.717) is 12.4 Å². The minimum atomic E-state index is -0.360. The van der Waals surface area contributed by atoms with Gasteiger partial charge in [-0.1, -0.05) is 92.9 Å². The van der Waals surface area contributed by atoms with Crippen LogP contribution in [0.3, 0.4) is 0 Å². The first-order valence-electron chi connectivity index (χ1n) is 13.7. The van der Waals surface area contributed by atoms with Crippen LogP contribution in [0.4, 0.5) is 0 Å². The van der Waals surface area contributed by atoms with Crippen LogP contribution in [-0.2, 0) is 15.6 Å². The van der Waals surface area contributed by atoms with Gasteiger partial charge in [0.05, 0.1) is 12.0 Å². The first-order chi connectivity index (χ1) is 15.3. The molecule has 2 aliphatic carbocycles. The summed E-state index contributed by atoms with van der Waals surface area (Å²) in [6, 6.07) is 4.25. The average Bonchev–Trinajstić information content (AvgIpc) is 2.97. The molecule has 0 radical (unpaired) electrons. The summed E-state index contributed by atoms with van der Waals surface area (Å²) in [7, 11) is 0. The Balaban J connectivity index is 0.000000743. The Labute approximate surface area is 200 Å². The van der Waals surface area contributed by atoms with E-state index < -0.39 is 0 Å². The van der Waals surface area contributed by atoms with Gasteiger partial charge in [0.15, 0.2) is 5.78 Å². The summed E-state index contributed by atoms with van der Waals surface area (Å²) in [6.45, 7) is 21.5. The van der Waals surface area contributed by atoms with Gasteiger partial charge in [0.25, 0.3) is 0 Å². The highest BCUT2D eigenvalue weighted by Gasteiger charge is 2.56. The Morgan fingerprint density at radius 3 is 1.84 bits per heavy atom. The fourth-order valence-electron chi connectivity index (χ4n) is 5.37. The molecule has 1 fully saturated rings. The van der Waals surface area contributed by atoms with Crippen LogP contribution in [0.2, 0.25) is 0 Å². The highest BCUT2D eigenvalue weighted by Crippen LogP contribution is 2.55. The molecular formula is C30H54O2. The number of hydrogen-bond acceptors (Lipinski definition) is 2. The van der Waals surface area contributed by atoms with Crippen LogP contribution in [-0.4, -0.2) is 12.4 Å². The molecule has 2 nitrogen and oxygen atoms in total. The van der Waals surface area contributed by atoms with E-state index in [2.05, 4.69) is 46.8 Å². The van der Waals surface area contributed by atoms with Crippen LogP contribution < -0.4 is 4.74 Å². The molecule has 1 saturated carbocycles. The predicted octanol–water partition coefficient (Wildman–Crippen LogP) is 9.49. The van der Waals surface area contributed by atoms with Crippen molar-refractivity contribution in [1.82, 2.24) is 0 Å². The summed E-state index contributed by atoms with van der Waals surface area (Å²) in [5.74, 6) is 1.35. The van der Waals surface area contributed by atoms with Crippen molar-refractivity contribution in [3.8, 4) is 5.75 Å². The molecule has 0 aliphatic heterocycles. The van der Waals surface area contributed by atoms with Crippen molar-refractivity contribution < 1.29 is 9.53 Å².